The summed E-state index contributed by atoms with van der Waals surface area (Å²) in [5.41, 5.74) is -0.446. The van der Waals surface area contributed by atoms with E-state index in [1.54, 1.807) is 14.2 Å². The summed E-state index contributed by atoms with van der Waals surface area (Å²) < 4.78 is 5.46. The van der Waals surface area contributed by atoms with Crippen LogP contribution < -0.4 is 10.6 Å². The number of rotatable bonds is 4. The van der Waals surface area contributed by atoms with Gasteiger partial charge in [0.2, 0.25) is 0 Å². The molecule has 2 atom stereocenters. The number of ether oxygens (including phenoxy) is 1. The van der Waals surface area contributed by atoms with E-state index in [0.29, 0.717) is 18.7 Å². The topological polar surface area (TPSA) is 65.9 Å². The van der Waals surface area contributed by atoms with Crippen LogP contribution in [0.2, 0.25) is 0 Å². The van der Waals surface area contributed by atoms with Crippen LogP contribution in [0.15, 0.2) is 4.99 Å². The third-order valence-electron chi connectivity index (χ3n) is 5.12. The van der Waals surface area contributed by atoms with Gasteiger partial charge in [0.05, 0.1) is 11.7 Å². The lowest BCUT2D eigenvalue weighted by Gasteiger charge is -2.51. The van der Waals surface area contributed by atoms with Crippen LogP contribution in [-0.2, 0) is 4.74 Å². The van der Waals surface area contributed by atoms with Crippen molar-refractivity contribution in [2.24, 2.45) is 10.4 Å². The molecule has 2 unspecified atom stereocenters. The molecule has 5 nitrogen and oxygen atoms in total. The molecule has 0 radical (unpaired) electrons. The molecule has 0 aromatic heterocycles. The first-order valence-electron chi connectivity index (χ1n) is 7.64. The van der Waals surface area contributed by atoms with Crippen molar-refractivity contribution >= 4 is 29.9 Å². The van der Waals surface area contributed by atoms with E-state index in [2.05, 4.69) is 29.5 Å². The summed E-state index contributed by atoms with van der Waals surface area (Å²) in [5.74, 6) is 0.776. The van der Waals surface area contributed by atoms with E-state index in [-0.39, 0.29) is 29.4 Å². The van der Waals surface area contributed by atoms with Crippen LogP contribution in [0.3, 0.4) is 0 Å². The average molecular weight is 411 g/mol. The lowest BCUT2D eigenvalue weighted by atomic mass is 9.64. The summed E-state index contributed by atoms with van der Waals surface area (Å²) in [6.45, 7) is 4.99. The van der Waals surface area contributed by atoms with Gasteiger partial charge < -0.3 is 20.5 Å². The van der Waals surface area contributed by atoms with Gasteiger partial charge in [-0.05, 0) is 19.3 Å². The fourth-order valence-electron chi connectivity index (χ4n) is 3.35. The Morgan fingerprint density at radius 3 is 2.43 bits per heavy atom. The zero-order valence-electron chi connectivity index (χ0n) is 13.6. The maximum atomic E-state index is 10.4. The van der Waals surface area contributed by atoms with E-state index < -0.39 is 5.60 Å². The van der Waals surface area contributed by atoms with Crippen molar-refractivity contribution < 1.29 is 9.84 Å². The number of nitrogens with zero attached hydrogens (tertiary/aromatic N) is 1. The first-order chi connectivity index (χ1) is 9.41. The van der Waals surface area contributed by atoms with E-state index in [4.69, 9.17) is 4.74 Å². The molecule has 0 saturated heterocycles. The second kappa shape index (κ2) is 7.46. The monoisotopic (exact) mass is 411 g/mol. The highest BCUT2D eigenvalue weighted by molar-refractivity contribution is 14.0. The van der Waals surface area contributed by atoms with Gasteiger partial charge in [0.25, 0.3) is 0 Å². The lowest BCUT2D eigenvalue weighted by molar-refractivity contribution is -0.0923. The molecule has 3 N–H and O–H groups in total. The normalized spacial score (nSPS) is 30.2. The van der Waals surface area contributed by atoms with Gasteiger partial charge in [-0.1, -0.05) is 26.7 Å². The quantitative estimate of drug-likeness (QED) is 0.376. The van der Waals surface area contributed by atoms with Gasteiger partial charge >= 0.3 is 0 Å². The highest BCUT2D eigenvalue weighted by atomic mass is 127. The SMILES string of the molecule is CN=C(NCC1(O)CCCC1)NC1CC(OC)C1(C)C.I. The first kappa shape index (κ1) is 19.0. The highest BCUT2D eigenvalue weighted by Crippen LogP contribution is 2.42. The number of methoxy groups -OCH3 is 1. The number of aliphatic hydroxyl groups is 1. The molecule has 21 heavy (non-hydrogen) atoms. The molecule has 0 aliphatic heterocycles. The van der Waals surface area contributed by atoms with Crippen LogP contribution in [0.5, 0.6) is 0 Å². The zero-order chi connectivity index (χ0) is 14.8. The molecule has 2 fully saturated rings. The number of halogens is 1. The number of hydrogen-bond acceptors (Lipinski definition) is 3. The summed E-state index contributed by atoms with van der Waals surface area (Å²) in [6.07, 6.45) is 5.31. The molecule has 0 aromatic rings. The number of hydrogen-bond donors (Lipinski definition) is 3. The maximum absolute atomic E-state index is 10.4. The molecule has 0 heterocycles. The third-order valence-corrected chi connectivity index (χ3v) is 5.12. The number of guanidine groups is 1. The standard InChI is InChI=1S/C15H29N3O2.HI/c1-14(2)11(9-12(14)20-4)18-13(16-3)17-10-15(19)7-5-6-8-15;/h11-12,19H,5-10H2,1-4H3,(H2,16,17,18);1H. The van der Waals surface area contributed by atoms with E-state index in [9.17, 15) is 5.11 Å². The van der Waals surface area contributed by atoms with E-state index in [0.717, 1.165) is 38.1 Å². The molecule has 2 saturated carbocycles. The van der Waals surface area contributed by atoms with Crippen molar-refractivity contribution in [3.8, 4) is 0 Å². The van der Waals surface area contributed by atoms with Gasteiger partial charge in [0.15, 0.2) is 5.96 Å². The number of aliphatic imine (C=N–C) groups is 1. The van der Waals surface area contributed by atoms with Crippen molar-refractivity contribution in [1.82, 2.24) is 10.6 Å². The van der Waals surface area contributed by atoms with Crippen LogP contribution in [0, 0.1) is 5.41 Å². The second-order valence-corrected chi connectivity index (χ2v) is 6.84. The Morgan fingerprint density at radius 1 is 1.33 bits per heavy atom. The van der Waals surface area contributed by atoms with Gasteiger partial charge in [0.1, 0.15) is 0 Å². The summed E-state index contributed by atoms with van der Waals surface area (Å²) in [7, 11) is 3.54. The zero-order valence-corrected chi connectivity index (χ0v) is 15.9. The van der Waals surface area contributed by atoms with E-state index in [1.165, 1.54) is 0 Å². The molecule has 2 rings (SSSR count). The molecule has 0 bridgehead atoms. The fraction of sp³-hybridized carbons (Fsp3) is 0.933. The maximum Gasteiger partial charge on any atom is 0.191 e. The van der Waals surface area contributed by atoms with Crippen molar-refractivity contribution in [2.45, 2.75) is 63.7 Å². The van der Waals surface area contributed by atoms with E-state index in [1.807, 2.05) is 0 Å². The Morgan fingerprint density at radius 2 is 1.95 bits per heavy atom. The molecule has 124 valence electrons. The van der Waals surface area contributed by atoms with Gasteiger partial charge in [0, 0.05) is 32.2 Å². The Balaban J connectivity index is 0.00000220. The van der Waals surface area contributed by atoms with E-state index >= 15 is 0 Å². The Hall–Kier alpha value is -0.0800. The Bertz CT molecular complexity index is 368. The van der Waals surface area contributed by atoms with Gasteiger partial charge in [-0.3, -0.25) is 4.99 Å². The molecule has 2 aliphatic rings. The fourth-order valence-corrected chi connectivity index (χ4v) is 3.35. The molecule has 0 spiro atoms. The van der Waals surface area contributed by atoms with Crippen molar-refractivity contribution in [3.63, 3.8) is 0 Å². The van der Waals surface area contributed by atoms with Crippen molar-refractivity contribution in [1.29, 1.82) is 0 Å². The summed E-state index contributed by atoms with van der Waals surface area (Å²) in [6, 6.07) is 0.358. The van der Waals surface area contributed by atoms with Gasteiger partial charge in [-0.25, -0.2) is 0 Å². The predicted molar refractivity (Wildman–Crippen MR) is 96.3 cm³/mol. The van der Waals surface area contributed by atoms with Crippen LogP contribution in [0.25, 0.3) is 0 Å². The van der Waals surface area contributed by atoms with Gasteiger partial charge in [-0.2, -0.15) is 0 Å². The predicted octanol–water partition coefficient (Wildman–Crippen LogP) is 1.89. The van der Waals surface area contributed by atoms with Crippen LogP contribution >= 0.6 is 24.0 Å². The third kappa shape index (κ3) is 4.22. The lowest BCUT2D eigenvalue weighted by Crippen LogP contribution is -2.63. The second-order valence-electron chi connectivity index (χ2n) is 6.84. The molecule has 0 amide bonds. The summed E-state index contributed by atoms with van der Waals surface area (Å²) >= 11 is 0. The number of nitrogens with one attached hydrogen (secondary N) is 2. The van der Waals surface area contributed by atoms with Crippen LogP contribution in [0.4, 0.5) is 0 Å². The van der Waals surface area contributed by atoms with Crippen molar-refractivity contribution in [3.05, 3.63) is 0 Å². The van der Waals surface area contributed by atoms with Gasteiger partial charge in [-0.15, -0.1) is 24.0 Å². The Labute approximate surface area is 145 Å². The Kier molecular flexibility index (Phi) is 6.74. The van der Waals surface area contributed by atoms with Crippen molar-refractivity contribution in [2.75, 3.05) is 20.7 Å². The largest absolute Gasteiger partial charge is 0.388 e. The minimum absolute atomic E-state index is 0. The summed E-state index contributed by atoms with van der Waals surface area (Å²) in [5, 5.41) is 17.1. The molecule has 0 aromatic carbocycles. The van der Waals surface area contributed by atoms with Crippen LogP contribution in [-0.4, -0.2) is 49.5 Å². The molecule has 6 heteroatoms. The average Bonchev–Trinajstić information content (AvgIpc) is 2.84. The minimum atomic E-state index is -0.554. The summed E-state index contributed by atoms with van der Waals surface area (Å²) in [4.78, 5) is 4.26. The first-order valence-corrected chi connectivity index (χ1v) is 7.64. The smallest absolute Gasteiger partial charge is 0.191 e. The molecular weight excluding hydrogens is 381 g/mol. The highest BCUT2D eigenvalue weighted by Gasteiger charge is 2.49. The minimum Gasteiger partial charge on any atom is -0.388 e. The molecule has 2 aliphatic carbocycles. The van der Waals surface area contributed by atoms with Crippen LogP contribution in [0.1, 0.15) is 46.0 Å². The molecular formula is C15H30IN3O2.